The number of nitrogens with two attached hydrogens (primary N) is 1. The predicted octanol–water partition coefficient (Wildman–Crippen LogP) is 5.43. The smallest absolute Gasteiger partial charge is 0.303 e. The first-order chi connectivity index (χ1) is 14.4. The molecule has 1 atom stereocenters. The first-order valence-electron chi connectivity index (χ1n) is 9.72. The fraction of sp³-hybridized carbons (Fsp3) is 0.364. The molecule has 162 valence electrons. The van der Waals surface area contributed by atoms with Gasteiger partial charge in [-0.25, -0.2) is 8.78 Å². The number of carboxylic acids is 1. The maximum Gasteiger partial charge on any atom is 0.303 e. The Kier molecular flexibility index (Phi) is 11.5. The molecule has 0 fully saturated rings. The molecule has 0 bridgehead atoms. The molecular formula is C22H27F2N3O3. The summed E-state index contributed by atoms with van der Waals surface area (Å²) in [6.07, 6.45) is 11.7. The zero-order valence-electron chi connectivity index (χ0n) is 16.9. The number of aliphatic imine (C=N–C) groups is 2. The molecule has 0 saturated carbocycles. The summed E-state index contributed by atoms with van der Waals surface area (Å²) in [5, 5.41) is 8.65. The summed E-state index contributed by atoms with van der Waals surface area (Å²) in [6, 6.07) is 2.32. The van der Waals surface area contributed by atoms with Gasteiger partial charge in [-0.15, -0.1) is 0 Å². The standard InChI is InChI=1S/C22H27F2N3O3/c1-2-3-8-16(9-7-11-23)15-27-20-14-18(24)17(22(25)30)13-19(20)26-12-6-4-5-10-21(28)29/h3,7-8,11-16H,2,4-6,9-10H2,1H3,(H2,25,30)(H,28,29)/b8-3-,11-7+,26-12?,27-15?. The van der Waals surface area contributed by atoms with Crippen LogP contribution in [0.3, 0.4) is 0 Å². The van der Waals surface area contributed by atoms with Crippen molar-refractivity contribution in [2.45, 2.75) is 45.4 Å². The van der Waals surface area contributed by atoms with Gasteiger partial charge in [0.15, 0.2) is 0 Å². The van der Waals surface area contributed by atoms with Crippen LogP contribution in [0.4, 0.5) is 20.2 Å². The van der Waals surface area contributed by atoms with E-state index >= 15 is 0 Å². The number of allylic oxidation sites excluding steroid dienone is 3. The van der Waals surface area contributed by atoms with Crippen molar-refractivity contribution in [3.8, 4) is 0 Å². The molecule has 3 N–H and O–H groups in total. The number of amides is 1. The third kappa shape index (κ3) is 9.36. The molecule has 1 amide bonds. The number of carboxylic acid groups (broad SMARTS) is 1. The first kappa shape index (κ1) is 24.9. The fourth-order valence-corrected chi connectivity index (χ4v) is 2.51. The van der Waals surface area contributed by atoms with Crippen LogP contribution >= 0.6 is 0 Å². The molecule has 1 aromatic rings. The second-order valence-electron chi connectivity index (χ2n) is 6.51. The lowest BCUT2D eigenvalue weighted by molar-refractivity contribution is -0.137. The lowest BCUT2D eigenvalue weighted by Gasteiger charge is -2.07. The van der Waals surface area contributed by atoms with Gasteiger partial charge in [-0.2, -0.15) is 0 Å². The van der Waals surface area contributed by atoms with Gasteiger partial charge >= 0.3 is 5.97 Å². The molecule has 8 heteroatoms. The Labute approximate surface area is 174 Å². The summed E-state index contributed by atoms with van der Waals surface area (Å²) >= 11 is 0. The number of aliphatic carboxylic acids is 1. The van der Waals surface area contributed by atoms with Crippen LogP contribution in [-0.2, 0) is 4.79 Å². The molecule has 6 nitrogen and oxygen atoms in total. The number of hydrogen-bond donors (Lipinski definition) is 2. The summed E-state index contributed by atoms with van der Waals surface area (Å²) < 4.78 is 26.6. The molecule has 30 heavy (non-hydrogen) atoms. The van der Waals surface area contributed by atoms with E-state index in [1.807, 2.05) is 19.1 Å². The second-order valence-corrected chi connectivity index (χ2v) is 6.51. The normalized spacial score (nSPS) is 13.2. The maximum atomic E-state index is 14.2. The predicted molar refractivity (Wildman–Crippen MR) is 115 cm³/mol. The Bertz CT molecular complexity index is 833. The van der Waals surface area contributed by atoms with Gasteiger partial charge in [0, 0.05) is 30.8 Å². The summed E-state index contributed by atoms with van der Waals surface area (Å²) in [4.78, 5) is 30.5. The first-order valence-corrected chi connectivity index (χ1v) is 9.72. The maximum absolute atomic E-state index is 14.2. The van der Waals surface area contributed by atoms with Crippen molar-refractivity contribution in [2.75, 3.05) is 0 Å². The van der Waals surface area contributed by atoms with Crippen LogP contribution in [0.25, 0.3) is 0 Å². The molecule has 0 radical (unpaired) electrons. The summed E-state index contributed by atoms with van der Waals surface area (Å²) in [5.41, 5.74) is 5.38. The number of nitrogens with zero attached hydrogens (tertiary/aromatic N) is 2. The SMILES string of the molecule is CC/C=C\C(C=Nc1cc(F)c(C(N)=O)cc1N=CCCCCC(=O)O)C/C=C/F. The van der Waals surface area contributed by atoms with E-state index in [1.165, 1.54) is 12.1 Å². The number of hydrogen-bond acceptors (Lipinski definition) is 4. The second kappa shape index (κ2) is 13.9. The molecule has 0 aliphatic carbocycles. The van der Waals surface area contributed by atoms with Crippen molar-refractivity contribution in [1.82, 2.24) is 0 Å². The highest BCUT2D eigenvalue weighted by Crippen LogP contribution is 2.31. The van der Waals surface area contributed by atoms with E-state index in [4.69, 9.17) is 10.8 Å². The monoisotopic (exact) mass is 419 g/mol. The van der Waals surface area contributed by atoms with E-state index in [-0.39, 0.29) is 29.3 Å². The Hall–Kier alpha value is -3.16. The molecule has 0 heterocycles. The fourth-order valence-electron chi connectivity index (χ4n) is 2.51. The van der Waals surface area contributed by atoms with Crippen LogP contribution in [0.2, 0.25) is 0 Å². The van der Waals surface area contributed by atoms with Crippen molar-refractivity contribution in [1.29, 1.82) is 0 Å². The van der Waals surface area contributed by atoms with Gasteiger partial charge in [0.25, 0.3) is 5.91 Å². The Balaban J connectivity index is 3.09. The summed E-state index contributed by atoms with van der Waals surface area (Å²) in [5.74, 6) is -2.77. The number of benzene rings is 1. The molecule has 1 rings (SSSR count). The minimum Gasteiger partial charge on any atom is -0.481 e. The van der Waals surface area contributed by atoms with Crippen molar-refractivity contribution < 1.29 is 23.5 Å². The lowest BCUT2D eigenvalue weighted by Crippen LogP contribution is -2.12. The van der Waals surface area contributed by atoms with Crippen molar-refractivity contribution in [3.63, 3.8) is 0 Å². The molecule has 0 saturated heterocycles. The summed E-state index contributed by atoms with van der Waals surface area (Å²) in [6.45, 7) is 1.97. The molecule has 0 aliphatic heterocycles. The third-order valence-corrected chi connectivity index (χ3v) is 4.06. The van der Waals surface area contributed by atoms with Gasteiger partial charge in [0.1, 0.15) is 5.82 Å². The van der Waals surface area contributed by atoms with E-state index in [0.29, 0.717) is 32.0 Å². The molecule has 0 aromatic heterocycles. The van der Waals surface area contributed by atoms with Crippen molar-refractivity contribution in [3.05, 3.63) is 48.1 Å². The van der Waals surface area contributed by atoms with Crippen LogP contribution in [-0.4, -0.2) is 29.4 Å². The van der Waals surface area contributed by atoms with Gasteiger partial charge < -0.3 is 10.8 Å². The largest absolute Gasteiger partial charge is 0.481 e. The number of halogens is 2. The zero-order chi connectivity index (χ0) is 22.4. The van der Waals surface area contributed by atoms with Gasteiger partial charge in [-0.1, -0.05) is 25.2 Å². The minimum atomic E-state index is -0.919. The highest BCUT2D eigenvalue weighted by Gasteiger charge is 2.13. The molecule has 1 aromatic carbocycles. The Morgan fingerprint density at radius 1 is 1.20 bits per heavy atom. The number of carbonyl (C=O) groups excluding carboxylic acids is 1. The molecular weight excluding hydrogens is 392 g/mol. The van der Waals surface area contributed by atoms with E-state index in [9.17, 15) is 18.4 Å². The Morgan fingerprint density at radius 3 is 2.57 bits per heavy atom. The Morgan fingerprint density at radius 2 is 1.93 bits per heavy atom. The lowest BCUT2D eigenvalue weighted by atomic mass is 10.1. The highest BCUT2D eigenvalue weighted by molar-refractivity contribution is 5.95. The van der Waals surface area contributed by atoms with Crippen LogP contribution in [0.5, 0.6) is 0 Å². The zero-order valence-corrected chi connectivity index (χ0v) is 16.9. The van der Waals surface area contributed by atoms with Crippen LogP contribution < -0.4 is 5.73 Å². The number of primary amides is 1. The van der Waals surface area contributed by atoms with Crippen molar-refractivity contribution >= 4 is 35.7 Å². The van der Waals surface area contributed by atoms with Crippen LogP contribution in [0.15, 0.2) is 46.7 Å². The molecule has 1 unspecified atom stereocenters. The number of rotatable bonds is 13. The van der Waals surface area contributed by atoms with E-state index < -0.39 is 17.7 Å². The third-order valence-electron chi connectivity index (χ3n) is 4.06. The topological polar surface area (TPSA) is 105 Å². The van der Waals surface area contributed by atoms with Crippen molar-refractivity contribution in [2.24, 2.45) is 21.6 Å². The van der Waals surface area contributed by atoms with Gasteiger partial charge in [0.05, 0.1) is 23.3 Å². The quantitative estimate of drug-likeness (QED) is 0.253. The van der Waals surface area contributed by atoms with E-state index in [0.717, 1.165) is 12.5 Å². The van der Waals surface area contributed by atoms with Gasteiger partial charge in [-0.05, 0) is 38.2 Å². The highest BCUT2D eigenvalue weighted by atomic mass is 19.1. The van der Waals surface area contributed by atoms with Gasteiger partial charge in [-0.3, -0.25) is 19.6 Å². The number of carbonyl (C=O) groups is 2. The molecule has 0 aliphatic rings. The van der Waals surface area contributed by atoms with Crippen LogP contribution in [0, 0.1) is 11.7 Å². The molecule has 0 spiro atoms. The van der Waals surface area contributed by atoms with Gasteiger partial charge in [0.2, 0.25) is 0 Å². The van der Waals surface area contributed by atoms with E-state index in [1.54, 1.807) is 12.4 Å². The minimum absolute atomic E-state index is 0.0751. The average Bonchev–Trinajstić information content (AvgIpc) is 2.70. The number of unbranched alkanes of at least 4 members (excludes halogenated alkanes) is 2. The average molecular weight is 419 g/mol. The summed E-state index contributed by atoms with van der Waals surface area (Å²) in [7, 11) is 0. The van der Waals surface area contributed by atoms with Crippen LogP contribution in [0.1, 0.15) is 55.8 Å². The van der Waals surface area contributed by atoms with E-state index in [2.05, 4.69) is 9.98 Å².